The van der Waals surface area contributed by atoms with Crippen LogP contribution in [0.4, 0.5) is 5.69 Å². The second kappa shape index (κ2) is 7.05. The normalized spacial score (nSPS) is 15.0. The average molecular weight is 344 g/mol. The molecule has 128 valence electrons. The number of aromatic hydroxyl groups is 1. The van der Waals surface area contributed by atoms with Gasteiger partial charge in [0.2, 0.25) is 0 Å². The Bertz CT molecular complexity index is 704. The largest absolute Gasteiger partial charge is 0.506 e. The lowest BCUT2D eigenvalue weighted by molar-refractivity contribution is 0.158. The number of hydrogen-bond acceptors (Lipinski definition) is 5. The highest BCUT2D eigenvalue weighted by Gasteiger charge is 2.25. The maximum Gasteiger partial charge on any atom is 0.139 e. The van der Waals surface area contributed by atoms with Gasteiger partial charge in [-0.3, -0.25) is 0 Å². The predicted molar refractivity (Wildman–Crippen MR) is 99.6 cm³/mol. The highest BCUT2D eigenvalue weighted by Crippen LogP contribution is 2.44. The van der Waals surface area contributed by atoms with Crippen molar-refractivity contribution in [1.29, 1.82) is 0 Å². The van der Waals surface area contributed by atoms with Gasteiger partial charge in [-0.25, -0.2) is 0 Å². The Kier molecular flexibility index (Phi) is 5.04. The first-order chi connectivity index (χ1) is 11.5. The molecule has 4 nitrogen and oxygen atoms in total. The zero-order valence-electron chi connectivity index (χ0n) is 14.0. The number of aliphatic hydroxyl groups excluding tert-OH is 1. The number of phenolic OH excluding ortho intramolecular Hbond substituents is 1. The highest BCUT2D eigenvalue weighted by atomic mass is 32.2. The van der Waals surface area contributed by atoms with Gasteiger partial charge >= 0.3 is 0 Å². The number of phenols is 1. The van der Waals surface area contributed by atoms with Gasteiger partial charge in [0.05, 0.1) is 17.7 Å². The summed E-state index contributed by atoms with van der Waals surface area (Å²) in [6.07, 6.45) is 0.284. The Labute approximate surface area is 147 Å². The van der Waals surface area contributed by atoms with Crippen molar-refractivity contribution in [3.63, 3.8) is 0 Å². The molecule has 0 aromatic heterocycles. The van der Waals surface area contributed by atoms with Crippen molar-refractivity contribution in [1.82, 2.24) is 5.32 Å². The van der Waals surface area contributed by atoms with E-state index in [0.717, 1.165) is 28.4 Å². The second-order valence-electron chi connectivity index (χ2n) is 6.79. The third-order valence-electron chi connectivity index (χ3n) is 4.25. The molecular formula is C19H24N2O2S. The van der Waals surface area contributed by atoms with E-state index in [-0.39, 0.29) is 11.3 Å². The van der Waals surface area contributed by atoms with Crippen LogP contribution in [-0.4, -0.2) is 28.2 Å². The van der Waals surface area contributed by atoms with Crippen molar-refractivity contribution in [2.45, 2.75) is 36.8 Å². The summed E-state index contributed by atoms with van der Waals surface area (Å²) in [7, 11) is 0. The molecule has 0 unspecified atom stereocenters. The number of β-amino-alcohol motifs (C(OH)–C–C–N with tert-alkyl or cyclic N) is 1. The van der Waals surface area contributed by atoms with Gasteiger partial charge in [0, 0.05) is 17.0 Å². The van der Waals surface area contributed by atoms with Crippen molar-refractivity contribution in [2.24, 2.45) is 0 Å². The maximum atomic E-state index is 10.6. The van der Waals surface area contributed by atoms with Gasteiger partial charge in [-0.2, -0.15) is 0 Å². The Morgan fingerprint density at radius 1 is 1.21 bits per heavy atom. The van der Waals surface area contributed by atoms with E-state index in [9.17, 15) is 10.2 Å². The van der Waals surface area contributed by atoms with E-state index in [1.54, 1.807) is 17.8 Å². The van der Waals surface area contributed by atoms with Gasteiger partial charge in [0.25, 0.3) is 0 Å². The number of nitrogens with one attached hydrogen (secondary N) is 2. The fraction of sp³-hybridized carbons (Fsp3) is 0.368. The van der Waals surface area contributed by atoms with Gasteiger partial charge in [0.15, 0.2) is 0 Å². The third kappa shape index (κ3) is 3.86. The Balaban J connectivity index is 1.65. The van der Waals surface area contributed by atoms with Crippen molar-refractivity contribution in [3.8, 4) is 5.75 Å². The Morgan fingerprint density at radius 3 is 2.71 bits per heavy atom. The molecule has 2 aromatic rings. The number of anilines is 1. The average Bonchev–Trinajstić information content (AvgIpc) is 3.04. The van der Waals surface area contributed by atoms with E-state index in [2.05, 4.69) is 36.6 Å². The molecule has 0 aliphatic carbocycles. The summed E-state index contributed by atoms with van der Waals surface area (Å²) in [5.74, 6) is 0.961. The summed E-state index contributed by atoms with van der Waals surface area (Å²) in [5, 5.41) is 27.1. The standard InChI is InChI=1S/C19H24N2O2S/c1-19(2,10-13-6-4-3-5-7-13)21-11-16(23)14-8-9-15(22)17-18(14)24-12-20-17/h3-9,16,20-23H,10-12H2,1-2H3/t16-/m0/s1. The molecule has 2 aromatic carbocycles. The molecule has 1 aliphatic heterocycles. The summed E-state index contributed by atoms with van der Waals surface area (Å²) in [6.45, 7) is 4.76. The first-order valence-electron chi connectivity index (χ1n) is 8.16. The molecule has 0 spiro atoms. The fourth-order valence-corrected chi connectivity index (χ4v) is 4.06. The summed E-state index contributed by atoms with van der Waals surface area (Å²) in [5.41, 5.74) is 2.75. The molecule has 0 amide bonds. The lowest BCUT2D eigenvalue weighted by Crippen LogP contribution is -2.43. The van der Waals surface area contributed by atoms with Crippen LogP contribution in [0.3, 0.4) is 0 Å². The van der Waals surface area contributed by atoms with Crippen LogP contribution in [0, 0.1) is 0 Å². The molecule has 4 N–H and O–H groups in total. The van der Waals surface area contributed by atoms with E-state index >= 15 is 0 Å². The van der Waals surface area contributed by atoms with Crippen molar-refractivity contribution in [3.05, 3.63) is 53.6 Å². The third-order valence-corrected chi connectivity index (χ3v) is 5.27. The molecule has 3 rings (SSSR count). The maximum absolute atomic E-state index is 10.6. The van der Waals surface area contributed by atoms with Gasteiger partial charge < -0.3 is 20.8 Å². The second-order valence-corrected chi connectivity index (χ2v) is 7.77. The van der Waals surface area contributed by atoms with Gasteiger partial charge in [-0.1, -0.05) is 36.4 Å². The summed E-state index contributed by atoms with van der Waals surface area (Å²) in [4.78, 5) is 0.949. The molecule has 24 heavy (non-hydrogen) atoms. The molecule has 0 fully saturated rings. The molecule has 1 atom stereocenters. The Hall–Kier alpha value is -1.69. The van der Waals surface area contributed by atoms with Crippen LogP contribution < -0.4 is 10.6 Å². The van der Waals surface area contributed by atoms with Crippen LogP contribution >= 0.6 is 11.8 Å². The number of fused-ring (bicyclic) bond motifs is 1. The smallest absolute Gasteiger partial charge is 0.139 e. The minimum Gasteiger partial charge on any atom is -0.506 e. The number of rotatable bonds is 6. The van der Waals surface area contributed by atoms with Crippen molar-refractivity contribution >= 4 is 17.4 Å². The van der Waals surface area contributed by atoms with Crippen LogP contribution in [0.2, 0.25) is 0 Å². The number of aliphatic hydroxyl groups is 1. The predicted octanol–water partition coefficient (Wildman–Crippen LogP) is 3.51. The van der Waals surface area contributed by atoms with Gasteiger partial charge in [-0.15, -0.1) is 11.8 Å². The molecule has 1 aliphatic rings. The van der Waals surface area contributed by atoms with E-state index in [0.29, 0.717) is 6.54 Å². The minimum atomic E-state index is -0.609. The summed E-state index contributed by atoms with van der Waals surface area (Å²) >= 11 is 1.61. The minimum absolute atomic E-state index is 0.117. The van der Waals surface area contributed by atoms with Crippen LogP contribution in [0.5, 0.6) is 5.75 Å². The first kappa shape index (κ1) is 17.1. The molecule has 0 bridgehead atoms. The molecule has 5 heteroatoms. The topological polar surface area (TPSA) is 64.5 Å². The van der Waals surface area contributed by atoms with Crippen LogP contribution in [0.1, 0.15) is 31.1 Å². The van der Waals surface area contributed by atoms with E-state index in [1.165, 1.54) is 5.56 Å². The summed E-state index contributed by atoms with van der Waals surface area (Å²) < 4.78 is 0. The zero-order valence-corrected chi connectivity index (χ0v) is 14.9. The van der Waals surface area contributed by atoms with Crippen LogP contribution in [0.15, 0.2) is 47.4 Å². The molecule has 1 heterocycles. The van der Waals surface area contributed by atoms with E-state index < -0.39 is 6.10 Å². The molecule has 0 saturated carbocycles. The molecule has 0 saturated heterocycles. The summed E-state index contributed by atoms with van der Waals surface area (Å²) in [6, 6.07) is 13.8. The van der Waals surface area contributed by atoms with E-state index in [4.69, 9.17) is 0 Å². The van der Waals surface area contributed by atoms with Crippen molar-refractivity contribution < 1.29 is 10.2 Å². The lowest BCUT2D eigenvalue weighted by Gasteiger charge is -2.28. The number of hydrogen-bond donors (Lipinski definition) is 4. The Morgan fingerprint density at radius 2 is 1.96 bits per heavy atom. The fourth-order valence-electron chi connectivity index (χ4n) is 3.01. The first-order valence-corrected chi connectivity index (χ1v) is 9.14. The van der Waals surface area contributed by atoms with E-state index in [1.807, 2.05) is 24.3 Å². The van der Waals surface area contributed by atoms with Crippen LogP contribution in [-0.2, 0) is 6.42 Å². The lowest BCUT2D eigenvalue weighted by atomic mass is 9.94. The van der Waals surface area contributed by atoms with Crippen LogP contribution in [0.25, 0.3) is 0 Å². The molecular weight excluding hydrogens is 320 g/mol. The van der Waals surface area contributed by atoms with Gasteiger partial charge in [0.1, 0.15) is 5.75 Å². The number of benzene rings is 2. The molecule has 0 radical (unpaired) electrons. The highest BCUT2D eigenvalue weighted by molar-refractivity contribution is 8.00. The monoisotopic (exact) mass is 344 g/mol. The SMILES string of the molecule is CC(C)(Cc1ccccc1)NC[C@H](O)c1ccc(O)c2c1SCN2. The van der Waals surface area contributed by atoms with Gasteiger partial charge in [-0.05, 0) is 37.5 Å². The zero-order chi connectivity index (χ0) is 17.2. The number of thioether (sulfide) groups is 1. The van der Waals surface area contributed by atoms with Crippen molar-refractivity contribution in [2.75, 3.05) is 17.7 Å². The quantitative estimate of drug-likeness (QED) is 0.604.